The first-order chi connectivity index (χ1) is 15.8. The molecule has 3 aromatic rings. The van der Waals surface area contributed by atoms with Gasteiger partial charge in [-0.05, 0) is 55.2 Å². The van der Waals surface area contributed by atoms with E-state index < -0.39 is 23.7 Å². The van der Waals surface area contributed by atoms with Crippen molar-refractivity contribution in [2.24, 2.45) is 0 Å². The van der Waals surface area contributed by atoms with Crippen molar-refractivity contribution in [1.29, 1.82) is 0 Å². The lowest BCUT2D eigenvalue weighted by molar-refractivity contribution is -0.157. The zero-order valence-electron chi connectivity index (χ0n) is 19.1. The van der Waals surface area contributed by atoms with Crippen LogP contribution in [0, 0.1) is 0 Å². The van der Waals surface area contributed by atoms with Gasteiger partial charge in [0.15, 0.2) is 0 Å². The van der Waals surface area contributed by atoms with Crippen molar-refractivity contribution in [2.45, 2.75) is 44.8 Å². The van der Waals surface area contributed by atoms with E-state index in [1.165, 1.54) is 0 Å². The average molecular weight is 445 g/mol. The molecule has 0 aliphatic heterocycles. The molecule has 6 nitrogen and oxygen atoms in total. The minimum atomic E-state index is -0.908. The van der Waals surface area contributed by atoms with E-state index in [0.29, 0.717) is 5.69 Å². The lowest BCUT2D eigenvalue weighted by Gasteiger charge is -2.24. The molecule has 1 aromatic heterocycles. The third-order valence-corrected chi connectivity index (χ3v) is 5.47. The fourth-order valence-electron chi connectivity index (χ4n) is 4.08. The van der Waals surface area contributed by atoms with Crippen LogP contribution in [0.4, 0.5) is 4.79 Å². The second-order valence-electron chi connectivity index (χ2n) is 9.08. The van der Waals surface area contributed by atoms with Crippen molar-refractivity contribution in [3.8, 4) is 11.1 Å². The van der Waals surface area contributed by atoms with Crippen LogP contribution in [-0.4, -0.2) is 35.3 Å². The van der Waals surface area contributed by atoms with Gasteiger partial charge >= 0.3 is 12.1 Å². The van der Waals surface area contributed by atoms with Gasteiger partial charge < -0.3 is 14.8 Å². The number of aromatic nitrogens is 1. The maximum Gasteiger partial charge on any atom is 0.407 e. The van der Waals surface area contributed by atoms with Crippen LogP contribution in [-0.2, 0) is 20.7 Å². The van der Waals surface area contributed by atoms with E-state index >= 15 is 0 Å². The molecule has 1 unspecified atom stereocenters. The maximum atomic E-state index is 12.8. The van der Waals surface area contributed by atoms with Crippen LogP contribution in [0.15, 0.2) is 72.9 Å². The number of amides is 1. The van der Waals surface area contributed by atoms with Gasteiger partial charge in [0.25, 0.3) is 0 Å². The fourth-order valence-corrected chi connectivity index (χ4v) is 4.08. The van der Waals surface area contributed by atoms with Crippen LogP contribution in [0.3, 0.4) is 0 Å². The summed E-state index contributed by atoms with van der Waals surface area (Å²) in [5.41, 5.74) is 4.56. The molecule has 0 saturated carbocycles. The van der Waals surface area contributed by atoms with Gasteiger partial charge in [0.1, 0.15) is 18.2 Å². The lowest BCUT2D eigenvalue weighted by atomic mass is 9.98. The first-order valence-corrected chi connectivity index (χ1v) is 11.1. The zero-order valence-corrected chi connectivity index (χ0v) is 19.1. The third-order valence-electron chi connectivity index (χ3n) is 5.47. The molecule has 6 heteroatoms. The number of pyridine rings is 1. The van der Waals surface area contributed by atoms with Crippen LogP contribution in [0.5, 0.6) is 0 Å². The Morgan fingerprint density at radius 1 is 0.939 bits per heavy atom. The van der Waals surface area contributed by atoms with Crippen LogP contribution >= 0.6 is 0 Å². The van der Waals surface area contributed by atoms with Crippen LogP contribution in [0.25, 0.3) is 11.1 Å². The predicted octanol–water partition coefficient (Wildman–Crippen LogP) is 4.87. The number of hydrogen-bond acceptors (Lipinski definition) is 5. The Morgan fingerprint density at radius 3 is 2.12 bits per heavy atom. The maximum absolute atomic E-state index is 12.8. The summed E-state index contributed by atoms with van der Waals surface area (Å²) in [6, 6.07) is 20.8. The van der Waals surface area contributed by atoms with Gasteiger partial charge in [0.2, 0.25) is 0 Å². The minimum Gasteiger partial charge on any atom is -0.458 e. The van der Waals surface area contributed by atoms with Crippen molar-refractivity contribution < 1.29 is 19.1 Å². The summed E-state index contributed by atoms with van der Waals surface area (Å²) >= 11 is 0. The molecule has 0 bridgehead atoms. The number of nitrogens with one attached hydrogen (secondary N) is 1. The number of ether oxygens (including phenoxy) is 2. The van der Waals surface area contributed by atoms with Crippen molar-refractivity contribution in [1.82, 2.24) is 10.3 Å². The molecule has 4 rings (SSSR count). The van der Waals surface area contributed by atoms with Gasteiger partial charge in [-0.3, -0.25) is 4.98 Å². The predicted molar refractivity (Wildman–Crippen MR) is 126 cm³/mol. The molecule has 0 saturated heterocycles. The molecule has 0 spiro atoms. The van der Waals surface area contributed by atoms with E-state index in [9.17, 15) is 9.59 Å². The molecule has 1 atom stereocenters. The SMILES string of the molecule is CC(C)(C)OC(=O)C(Cc1ccccn1)NC(=O)OCC1c2ccccc2-c2ccccc21. The van der Waals surface area contributed by atoms with Crippen molar-refractivity contribution in [2.75, 3.05) is 6.61 Å². The second-order valence-corrected chi connectivity index (χ2v) is 9.08. The molecule has 1 N–H and O–H groups in total. The summed E-state index contributed by atoms with van der Waals surface area (Å²) in [5.74, 6) is -0.583. The lowest BCUT2D eigenvalue weighted by Crippen LogP contribution is -2.46. The van der Waals surface area contributed by atoms with Gasteiger partial charge in [0.05, 0.1) is 0 Å². The monoisotopic (exact) mass is 444 g/mol. The Hall–Kier alpha value is -3.67. The smallest absolute Gasteiger partial charge is 0.407 e. The quantitative estimate of drug-likeness (QED) is 0.549. The third kappa shape index (κ3) is 5.40. The first-order valence-electron chi connectivity index (χ1n) is 11.1. The number of carbonyl (C=O) groups is 2. The highest BCUT2D eigenvalue weighted by Gasteiger charge is 2.31. The average Bonchev–Trinajstić information content (AvgIpc) is 3.11. The van der Waals surface area contributed by atoms with Gasteiger partial charge in [0, 0.05) is 24.2 Å². The van der Waals surface area contributed by atoms with Gasteiger partial charge in [-0.2, -0.15) is 0 Å². The van der Waals surface area contributed by atoms with Crippen molar-refractivity contribution >= 4 is 12.1 Å². The minimum absolute atomic E-state index is 0.0566. The highest BCUT2D eigenvalue weighted by Crippen LogP contribution is 2.44. The van der Waals surface area contributed by atoms with Crippen molar-refractivity contribution in [3.63, 3.8) is 0 Å². The Balaban J connectivity index is 1.46. The van der Waals surface area contributed by atoms with Crippen LogP contribution in [0.1, 0.15) is 43.5 Å². The van der Waals surface area contributed by atoms with E-state index in [-0.39, 0.29) is 18.9 Å². The molecule has 1 aliphatic rings. The number of rotatable bonds is 6. The number of nitrogens with zero attached hydrogens (tertiary/aromatic N) is 1. The number of hydrogen-bond donors (Lipinski definition) is 1. The molecule has 33 heavy (non-hydrogen) atoms. The number of benzene rings is 2. The van der Waals surface area contributed by atoms with Crippen LogP contribution in [0.2, 0.25) is 0 Å². The van der Waals surface area contributed by atoms with E-state index in [1.807, 2.05) is 30.3 Å². The highest BCUT2D eigenvalue weighted by molar-refractivity contribution is 5.82. The van der Waals surface area contributed by atoms with E-state index in [0.717, 1.165) is 22.3 Å². The summed E-state index contributed by atoms with van der Waals surface area (Å²) in [6.45, 7) is 5.53. The second kappa shape index (κ2) is 9.45. The van der Waals surface area contributed by atoms with Gasteiger partial charge in [-0.1, -0.05) is 54.6 Å². The summed E-state index contributed by atoms with van der Waals surface area (Å²) < 4.78 is 11.1. The molecular formula is C27H28N2O4. The van der Waals surface area contributed by atoms with Gasteiger partial charge in [-0.15, -0.1) is 0 Å². The molecule has 0 radical (unpaired) electrons. The highest BCUT2D eigenvalue weighted by atomic mass is 16.6. The Bertz CT molecular complexity index is 1090. The number of carbonyl (C=O) groups excluding carboxylic acids is 2. The summed E-state index contributed by atoms with van der Waals surface area (Å²) in [4.78, 5) is 29.8. The Labute approximate surface area is 194 Å². The molecule has 0 fully saturated rings. The Kier molecular flexibility index (Phi) is 6.45. The normalized spacial score (nSPS) is 13.5. The van der Waals surface area contributed by atoms with Crippen LogP contribution < -0.4 is 5.32 Å². The number of alkyl carbamates (subject to hydrolysis) is 1. The van der Waals surface area contributed by atoms with Crippen molar-refractivity contribution in [3.05, 3.63) is 89.7 Å². The zero-order chi connectivity index (χ0) is 23.4. The topological polar surface area (TPSA) is 77.5 Å². The summed E-state index contributed by atoms with van der Waals surface area (Å²) in [7, 11) is 0. The fraction of sp³-hybridized carbons (Fsp3) is 0.296. The largest absolute Gasteiger partial charge is 0.458 e. The number of fused-ring (bicyclic) bond motifs is 3. The van der Waals surface area contributed by atoms with E-state index in [4.69, 9.17) is 9.47 Å². The molecule has 1 aliphatic carbocycles. The summed E-state index contributed by atoms with van der Waals surface area (Å²) in [6.07, 6.45) is 1.19. The molecule has 1 amide bonds. The molecule has 170 valence electrons. The molecular weight excluding hydrogens is 416 g/mol. The Morgan fingerprint density at radius 2 is 1.55 bits per heavy atom. The first kappa shape index (κ1) is 22.5. The van der Waals surface area contributed by atoms with E-state index in [1.54, 1.807) is 39.1 Å². The molecule has 1 heterocycles. The van der Waals surface area contributed by atoms with Gasteiger partial charge in [-0.25, -0.2) is 9.59 Å². The number of esters is 1. The molecule has 2 aromatic carbocycles. The summed E-state index contributed by atoms with van der Waals surface area (Å²) in [5, 5.41) is 2.68. The standard InChI is InChI=1S/C27H28N2O4/c1-27(2,3)33-25(30)24(16-18-10-8-9-15-28-18)29-26(31)32-17-23-21-13-6-4-11-19(21)20-12-5-7-14-22(20)23/h4-15,23-24H,16-17H2,1-3H3,(H,29,31). The van der Waals surface area contributed by atoms with E-state index in [2.05, 4.69) is 34.6 Å².